The Balaban J connectivity index is 1.63. The predicted molar refractivity (Wildman–Crippen MR) is 115 cm³/mol. The Morgan fingerprint density at radius 2 is 1.86 bits per heavy atom. The molecule has 0 radical (unpaired) electrons. The first-order valence-corrected chi connectivity index (χ1v) is 9.86. The molecule has 2 heterocycles. The second-order valence-corrected chi connectivity index (χ2v) is 7.38. The second kappa shape index (κ2) is 8.45. The minimum Gasteiger partial charge on any atom is -0.350 e. The lowest BCUT2D eigenvalue weighted by Crippen LogP contribution is -2.31. The molecule has 6 heteroatoms. The van der Waals surface area contributed by atoms with Gasteiger partial charge in [0.2, 0.25) is 5.91 Å². The van der Waals surface area contributed by atoms with Crippen LogP contribution in [0.3, 0.4) is 0 Å². The number of hydrogen-bond donors (Lipinski definition) is 1. The van der Waals surface area contributed by atoms with Crippen LogP contribution in [-0.2, 0) is 17.8 Å². The van der Waals surface area contributed by atoms with Crippen LogP contribution in [0, 0.1) is 0 Å². The number of nitrogens with zero attached hydrogens (tertiary/aromatic N) is 3. The second-order valence-electron chi connectivity index (χ2n) is 6.94. The van der Waals surface area contributed by atoms with Gasteiger partial charge in [0.1, 0.15) is 11.9 Å². The van der Waals surface area contributed by atoms with Gasteiger partial charge in [0.15, 0.2) is 0 Å². The number of halogens is 1. The van der Waals surface area contributed by atoms with Gasteiger partial charge in [-0.05, 0) is 54.4 Å². The van der Waals surface area contributed by atoms with E-state index in [2.05, 4.69) is 10.3 Å². The Labute approximate surface area is 174 Å². The zero-order chi connectivity index (χ0) is 20.2. The van der Waals surface area contributed by atoms with Gasteiger partial charge in [-0.25, -0.2) is 4.98 Å². The maximum absolute atomic E-state index is 12.9. The molecule has 2 aromatic carbocycles. The number of pyridine rings is 1. The summed E-state index contributed by atoms with van der Waals surface area (Å²) in [6.45, 7) is 2.36. The van der Waals surface area contributed by atoms with Crippen LogP contribution in [0.15, 0.2) is 73.1 Å². The van der Waals surface area contributed by atoms with E-state index in [-0.39, 0.29) is 5.91 Å². The molecule has 1 amide bonds. The van der Waals surface area contributed by atoms with Crippen LogP contribution < -0.4 is 5.32 Å². The van der Waals surface area contributed by atoms with E-state index in [1.807, 2.05) is 72.2 Å². The largest absolute Gasteiger partial charge is 0.350 e. The lowest BCUT2D eigenvalue weighted by molar-refractivity contribution is -0.124. The molecule has 0 aliphatic rings. The third-order valence-electron chi connectivity index (χ3n) is 4.90. The van der Waals surface area contributed by atoms with Crippen LogP contribution in [0.25, 0.3) is 11.0 Å². The van der Waals surface area contributed by atoms with Crippen molar-refractivity contribution in [3.63, 3.8) is 0 Å². The smallest absolute Gasteiger partial charge is 0.243 e. The topological polar surface area (TPSA) is 59.8 Å². The number of amides is 1. The first-order valence-electron chi connectivity index (χ1n) is 9.49. The van der Waals surface area contributed by atoms with Crippen molar-refractivity contribution >= 4 is 28.5 Å². The molecule has 2 aromatic heterocycles. The van der Waals surface area contributed by atoms with Crippen molar-refractivity contribution in [3.05, 3.63) is 95.0 Å². The highest BCUT2D eigenvalue weighted by Crippen LogP contribution is 2.24. The first kappa shape index (κ1) is 19.2. The number of rotatable bonds is 6. The van der Waals surface area contributed by atoms with Crippen LogP contribution in [-0.4, -0.2) is 20.4 Å². The maximum atomic E-state index is 12.9. The minimum absolute atomic E-state index is 0.0580. The van der Waals surface area contributed by atoms with E-state index in [9.17, 15) is 4.79 Å². The van der Waals surface area contributed by atoms with Crippen LogP contribution in [0.5, 0.6) is 0 Å². The van der Waals surface area contributed by atoms with E-state index in [0.717, 1.165) is 28.0 Å². The summed E-state index contributed by atoms with van der Waals surface area (Å²) in [5, 5.41) is 3.70. The summed E-state index contributed by atoms with van der Waals surface area (Å²) < 4.78 is 2.01. The van der Waals surface area contributed by atoms with Crippen molar-refractivity contribution < 1.29 is 4.79 Å². The molecule has 4 rings (SSSR count). The van der Waals surface area contributed by atoms with E-state index in [0.29, 0.717) is 18.0 Å². The van der Waals surface area contributed by atoms with Crippen molar-refractivity contribution in [2.45, 2.75) is 25.9 Å². The average Bonchev–Trinajstić information content (AvgIpc) is 3.10. The number of carbonyl (C=O) groups excluding carboxylic acids is 1. The highest BCUT2D eigenvalue weighted by atomic mass is 35.5. The number of hydrogen-bond acceptors (Lipinski definition) is 3. The van der Waals surface area contributed by atoms with Gasteiger partial charge in [-0.15, -0.1) is 0 Å². The summed E-state index contributed by atoms with van der Waals surface area (Å²) in [5.41, 5.74) is 3.88. The highest BCUT2D eigenvalue weighted by Gasteiger charge is 2.21. The van der Waals surface area contributed by atoms with Crippen LogP contribution in [0.1, 0.15) is 29.9 Å². The van der Waals surface area contributed by atoms with E-state index < -0.39 is 6.04 Å². The molecule has 0 saturated carbocycles. The number of benzene rings is 2. The van der Waals surface area contributed by atoms with Crippen LogP contribution >= 0.6 is 11.6 Å². The normalized spacial score (nSPS) is 12.1. The SMILES string of the molecule is C[C@@H](C(=O)NCc1ccncc1)n1c(Cc2cccc(Cl)c2)nc2ccccc21. The molecule has 5 nitrogen and oxygen atoms in total. The van der Waals surface area contributed by atoms with Gasteiger partial charge in [-0.3, -0.25) is 9.78 Å². The summed E-state index contributed by atoms with van der Waals surface area (Å²) in [6, 6.07) is 19.0. The molecule has 29 heavy (non-hydrogen) atoms. The quantitative estimate of drug-likeness (QED) is 0.512. The zero-order valence-electron chi connectivity index (χ0n) is 16.0. The van der Waals surface area contributed by atoms with Gasteiger partial charge in [0.25, 0.3) is 0 Å². The fraction of sp³-hybridized carbons (Fsp3) is 0.174. The van der Waals surface area contributed by atoms with Crippen LogP contribution in [0.4, 0.5) is 0 Å². The zero-order valence-corrected chi connectivity index (χ0v) is 16.8. The van der Waals surface area contributed by atoms with Crippen molar-refractivity contribution in [2.24, 2.45) is 0 Å². The molecule has 0 spiro atoms. The van der Waals surface area contributed by atoms with Crippen LogP contribution in [0.2, 0.25) is 5.02 Å². The molecule has 0 aliphatic carbocycles. The molecule has 0 unspecified atom stereocenters. The number of imidazole rings is 1. The number of nitrogens with one attached hydrogen (secondary N) is 1. The lowest BCUT2D eigenvalue weighted by atomic mass is 10.1. The third kappa shape index (κ3) is 4.30. The number of aromatic nitrogens is 3. The summed E-state index contributed by atoms with van der Waals surface area (Å²) in [7, 11) is 0. The summed E-state index contributed by atoms with van der Waals surface area (Å²) in [6.07, 6.45) is 4.03. The molecule has 4 aromatic rings. The first-order chi connectivity index (χ1) is 14.1. The third-order valence-corrected chi connectivity index (χ3v) is 5.14. The van der Waals surface area contributed by atoms with E-state index in [4.69, 9.17) is 16.6 Å². The molecule has 1 atom stereocenters. The molecule has 0 bridgehead atoms. The van der Waals surface area contributed by atoms with Gasteiger partial charge in [0, 0.05) is 30.4 Å². The standard InChI is InChI=1S/C23H21ClN4O/c1-16(23(29)26-15-17-9-11-25-12-10-17)28-21-8-3-2-7-20(21)27-22(28)14-18-5-4-6-19(24)13-18/h2-13,16H,14-15H2,1H3,(H,26,29)/t16-/m0/s1. The number of fused-ring (bicyclic) bond motifs is 1. The monoisotopic (exact) mass is 404 g/mol. The predicted octanol–water partition coefficient (Wildman–Crippen LogP) is 4.55. The summed E-state index contributed by atoms with van der Waals surface area (Å²) in [4.78, 5) is 21.7. The Hall–Kier alpha value is -3.18. The van der Waals surface area contributed by atoms with Gasteiger partial charge in [0.05, 0.1) is 11.0 Å². The Morgan fingerprint density at radius 3 is 2.66 bits per heavy atom. The van der Waals surface area contributed by atoms with Gasteiger partial charge in [-0.2, -0.15) is 0 Å². The minimum atomic E-state index is -0.404. The van der Waals surface area contributed by atoms with Crippen molar-refractivity contribution in [3.8, 4) is 0 Å². The lowest BCUT2D eigenvalue weighted by Gasteiger charge is -2.18. The molecule has 146 valence electrons. The number of carbonyl (C=O) groups is 1. The Kier molecular flexibility index (Phi) is 5.58. The van der Waals surface area contributed by atoms with E-state index in [1.165, 1.54) is 0 Å². The maximum Gasteiger partial charge on any atom is 0.243 e. The van der Waals surface area contributed by atoms with Crippen molar-refractivity contribution in [1.29, 1.82) is 0 Å². The summed E-state index contributed by atoms with van der Waals surface area (Å²) in [5.74, 6) is 0.775. The summed E-state index contributed by atoms with van der Waals surface area (Å²) >= 11 is 6.15. The fourth-order valence-electron chi connectivity index (χ4n) is 3.44. The van der Waals surface area contributed by atoms with E-state index in [1.54, 1.807) is 12.4 Å². The molecule has 0 saturated heterocycles. The Bertz CT molecular complexity index is 1140. The van der Waals surface area contributed by atoms with Gasteiger partial charge in [-0.1, -0.05) is 35.9 Å². The molecular formula is C23H21ClN4O. The van der Waals surface area contributed by atoms with E-state index >= 15 is 0 Å². The van der Waals surface area contributed by atoms with Gasteiger partial charge >= 0.3 is 0 Å². The molecule has 1 N–H and O–H groups in total. The Morgan fingerprint density at radius 1 is 1.07 bits per heavy atom. The van der Waals surface area contributed by atoms with Gasteiger partial charge < -0.3 is 9.88 Å². The number of para-hydroxylation sites is 2. The van der Waals surface area contributed by atoms with Crippen molar-refractivity contribution in [1.82, 2.24) is 19.9 Å². The molecule has 0 aliphatic heterocycles. The molecular weight excluding hydrogens is 384 g/mol. The average molecular weight is 405 g/mol. The fourth-order valence-corrected chi connectivity index (χ4v) is 3.65. The highest BCUT2D eigenvalue weighted by molar-refractivity contribution is 6.30. The van der Waals surface area contributed by atoms with Crippen molar-refractivity contribution in [2.75, 3.05) is 0 Å². The molecule has 0 fully saturated rings.